The molecule has 0 bridgehead atoms. The van der Waals surface area contributed by atoms with Crippen LogP contribution >= 0.6 is 0 Å². The van der Waals surface area contributed by atoms with Gasteiger partial charge in [-0.2, -0.15) is 0 Å². The van der Waals surface area contributed by atoms with Crippen molar-refractivity contribution >= 4 is 0 Å². The number of aliphatic hydroxyl groups excluding tert-OH is 4. The van der Waals surface area contributed by atoms with E-state index in [4.69, 9.17) is 20.4 Å². The summed E-state index contributed by atoms with van der Waals surface area (Å²) >= 11 is 0. The summed E-state index contributed by atoms with van der Waals surface area (Å²) in [7, 11) is 0. The van der Waals surface area contributed by atoms with E-state index in [9.17, 15) is 0 Å². The maximum absolute atomic E-state index is 8.38. The van der Waals surface area contributed by atoms with Gasteiger partial charge in [-0.05, 0) is 26.7 Å². The molecule has 4 nitrogen and oxygen atoms in total. The number of aliphatic hydroxyl groups is 4. The van der Waals surface area contributed by atoms with Crippen LogP contribution in [0.3, 0.4) is 0 Å². The van der Waals surface area contributed by atoms with Crippen LogP contribution in [0.2, 0.25) is 0 Å². The lowest BCUT2D eigenvalue weighted by atomic mass is 10.3. The molecule has 0 aliphatic heterocycles. The molecule has 12 heavy (non-hydrogen) atoms. The molecule has 0 saturated carbocycles. The minimum atomic E-state index is -0.593. The molecular formula is C8H20O4. The highest BCUT2D eigenvalue weighted by atomic mass is 16.3. The van der Waals surface area contributed by atoms with Gasteiger partial charge in [0.25, 0.3) is 0 Å². The van der Waals surface area contributed by atoms with E-state index >= 15 is 0 Å². The molecule has 4 heteroatoms. The van der Waals surface area contributed by atoms with Gasteiger partial charge in [0, 0.05) is 13.2 Å². The molecule has 2 atom stereocenters. The normalized spacial score (nSPS) is 14.5. The van der Waals surface area contributed by atoms with Gasteiger partial charge in [-0.3, -0.25) is 0 Å². The molecule has 0 amide bonds. The molecule has 0 radical (unpaired) electrons. The molecule has 0 aliphatic carbocycles. The summed E-state index contributed by atoms with van der Waals surface area (Å²) in [5.74, 6) is 0. The first-order valence-electron chi connectivity index (χ1n) is 4.14. The third kappa shape index (κ3) is 16.4. The highest BCUT2D eigenvalue weighted by Gasteiger charge is 1.99. The Morgan fingerprint density at radius 1 is 0.833 bits per heavy atom. The van der Waals surface area contributed by atoms with Gasteiger partial charge in [-0.25, -0.2) is 0 Å². The third-order valence-corrected chi connectivity index (χ3v) is 1.26. The molecule has 76 valence electrons. The molecule has 0 spiro atoms. The van der Waals surface area contributed by atoms with Crippen molar-refractivity contribution in [2.75, 3.05) is 13.2 Å². The molecule has 2 unspecified atom stereocenters. The Morgan fingerprint density at radius 2 is 1.08 bits per heavy atom. The van der Waals surface area contributed by atoms with E-state index in [1.165, 1.54) is 0 Å². The average molecular weight is 180 g/mol. The fourth-order valence-electron chi connectivity index (χ4n) is 0.224. The molecule has 0 rings (SSSR count). The van der Waals surface area contributed by atoms with Crippen molar-refractivity contribution in [2.45, 2.75) is 38.9 Å². The lowest BCUT2D eigenvalue weighted by molar-refractivity contribution is 0.0438. The molecule has 0 saturated heterocycles. The van der Waals surface area contributed by atoms with Crippen LogP contribution in [-0.2, 0) is 0 Å². The topological polar surface area (TPSA) is 80.9 Å². The van der Waals surface area contributed by atoms with Crippen molar-refractivity contribution in [1.82, 2.24) is 0 Å². The predicted molar refractivity (Wildman–Crippen MR) is 46.8 cm³/mol. The van der Waals surface area contributed by atoms with Gasteiger partial charge in [0.05, 0.1) is 12.2 Å². The van der Waals surface area contributed by atoms with Crippen LogP contribution in [-0.4, -0.2) is 45.8 Å². The van der Waals surface area contributed by atoms with Crippen molar-refractivity contribution in [3.05, 3.63) is 0 Å². The van der Waals surface area contributed by atoms with Crippen LogP contribution in [0.1, 0.15) is 26.7 Å². The maximum atomic E-state index is 8.38. The van der Waals surface area contributed by atoms with Gasteiger partial charge in [-0.1, -0.05) is 0 Å². The van der Waals surface area contributed by atoms with E-state index in [1.807, 2.05) is 0 Å². The molecule has 0 fully saturated rings. The molecule has 0 aromatic rings. The first kappa shape index (κ1) is 14.4. The highest BCUT2D eigenvalue weighted by molar-refractivity contribution is 4.50. The van der Waals surface area contributed by atoms with Crippen LogP contribution in [0.15, 0.2) is 0 Å². The van der Waals surface area contributed by atoms with Gasteiger partial charge in [-0.15, -0.1) is 0 Å². The minimum absolute atomic E-state index is 0.195. The summed E-state index contributed by atoms with van der Waals surface area (Å²) < 4.78 is 0. The zero-order chi connectivity index (χ0) is 9.98. The predicted octanol–water partition coefficient (Wildman–Crippen LogP) is -0.501. The lowest BCUT2D eigenvalue weighted by Crippen LogP contribution is -2.17. The van der Waals surface area contributed by atoms with Crippen molar-refractivity contribution in [2.24, 2.45) is 0 Å². The van der Waals surface area contributed by atoms with E-state index in [1.54, 1.807) is 13.8 Å². The quantitative estimate of drug-likeness (QED) is 0.440. The monoisotopic (exact) mass is 180 g/mol. The second kappa shape index (κ2) is 10.8. The summed E-state index contributed by atoms with van der Waals surface area (Å²) in [6.07, 6.45) is 0.252. The lowest BCUT2D eigenvalue weighted by Gasteiger charge is -2.03. The standard InChI is InChI=1S/2C4H10O2/c1-3(5)4(2)6;5-3-1-2-4-6/h3-6H,1-2H3;5-6H,1-4H2. The van der Waals surface area contributed by atoms with Crippen molar-refractivity contribution in [1.29, 1.82) is 0 Å². The van der Waals surface area contributed by atoms with Crippen LogP contribution in [0, 0.1) is 0 Å². The number of hydrogen-bond acceptors (Lipinski definition) is 4. The SMILES string of the molecule is CC(O)C(C)O.OCCCCO. The second-order valence-electron chi connectivity index (χ2n) is 2.64. The number of rotatable bonds is 4. The van der Waals surface area contributed by atoms with E-state index in [2.05, 4.69) is 0 Å². The summed E-state index contributed by atoms with van der Waals surface area (Å²) in [5.41, 5.74) is 0. The zero-order valence-corrected chi connectivity index (χ0v) is 7.77. The van der Waals surface area contributed by atoms with Crippen molar-refractivity contribution < 1.29 is 20.4 Å². The average Bonchev–Trinajstić information content (AvgIpc) is 2.02. The van der Waals surface area contributed by atoms with Crippen LogP contribution in [0.5, 0.6) is 0 Å². The van der Waals surface area contributed by atoms with Crippen LogP contribution in [0.25, 0.3) is 0 Å². The molecule has 0 heterocycles. The van der Waals surface area contributed by atoms with Gasteiger partial charge in [0.2, 0.25) is 0 Å². The Bertz CT molecular complexity index is 63.5. The van der Waals surface area contributed by atoms with Gasteiger partial charge in [0.15, 0.2) is 0 Å². The van der Waals surface area contributed by atoms with Gasteiger partial charge < -0.3 is 20.4 Å². The number of hydrogen-bond donors (Lipinski definition) is 4. The molecule has 0 aliphatic rings. The Kier molecular flexibility index (Phi) is 13.0. The number of unbranched alkanes of at least 4 members (excludes halogenated alkanes) is 1. The summed E-state index contributed by atoms with van der Waals surface area (Å²) in [4.78, 5) is 0. The van der Waals surface area contributed by atoms with Crippen LogP contribution < -0.4 is 0 Å². The third-order valence-electron chi connectivity index (χ3n) is 1.26. The molecule has 4 N–H and O–H groups in total. The Hall–Kier alpha value is -0.160. The second-order valence-corrected chi connectivity index (χ2v) is 2.64. The fraction of sp³-hybridized carbons (Fsp3) is 1.00. The van der Waals surface area contributed by atoms with E-state index < -0.39 is 12.2 Å². The Balaban J connectivity index is 0. The zero-order valence-electron chi connectivity index (χ0n) is 7.77. The van der Waals surface area contributed by atoms with Crippen molar-refractivity contribution in [3.8, 4) is 0 Å². The summed E-state index contributed by atoms with van der Waals surface area (Å²) in [5, 5.41) is 32.9. The molecule has 0 aromatic heterocycles. The first-order chi connectivity index (χ1) is 5.56. The highest BCUT2D eigenvalue weighted by Crippen LogP contribution is 1.85. The Labute approximate surface area is 73.5 Å². The largest absolute Gasteiger partial charge is 0.396 e. The smallest absolute Gasteiger partial charge is 0.0768 e. The molecular weight excluding hydrogens is 160 g/mol. The van der Waals surface area contributed by atoms with Gasteiger partial charge >= 0.3 is 0 Å². The minimum Gasteiger partial charge on any atom is -0.396 e. The maximum Gasteiger partial charge on any atom is 0.0768 e. The first-order valence-corrected chi connectivity index (χ1v) is 4.14. The van der Waals surface area contributed by atoms with Gasteiger partial charge in [0.1, 0.15) is 0 Å². The summed E-state index contributed by atoms with van der Waals surface area (Å²) in [6.45, 7) is 3.48. The Morgan fingerprint density at radius 3 is 1.17 bits per heavy atom. The van der Waals surface area contributed by atoms with Crippen molar-refractivity contribution in [3.63, 3.8) is 0 Å². The van der Waals surface area contributed by atoms with Crippen LogP contribution in [0.4, 0.5) is 0 Å². The molecule has 0 aromatic carbocycles. The summed E-state index contributed by atoms with van der Waals surface area (Å²) in [6, 6.07) is 0. The fourth-order valence-corrected chi connectivity index (χ4v) is 0.224. The van der Waals surface area contributed by atoms with E-state index in [0.717, 1.165) is 12.8 Å². The van der Waals surface area contributed by atoms with E-state index in [0.29, 0.717) is 0 Å². The van der Waals surface area contributed by atoms with E-state index in [-0.39, 0.29) is 13.2 Å².